The minimum atomic E-state index is -1.09. The molecule has 1 aromatic carbocycles. The van der Waals surface area contributed by atoms with Crippen LogP contribution in [0.1, 0.15) is 83.9 Å². The molecule has 50 heavy (non-hydrogen) atoms. The van der Waals surface area contributed by atoms with Crippen LogP contribution in [0.15, 0.2) is 48.4 Å². The number of aromatic nitrogens is 3. The van der Waals surface area contributed by atoms with E-state index in [0.29, 0.717) is 54.0 Å². The summed E-state index contributed by atoms with van der Waals surface area (Å²) in [7, 11) is 0. The van der Waals surface area contributed by atoms with Crippen molar-refractivity contribution >= 4 is 50.4 Å². The van der Waals surface area contributed by atoms with Crippen molar-refractivity contribution < 1.29 is 24.2 Å². The van der Waals surface area contributed by atoms with Crippen molar-refractivity contribution in [1.29, 1.82) is 0 Å². The SMILES string of the molecule is CC(=O)c1cnc([C@@H](O)[C@@H](CC2CCCCC2)NC(=O)[C@H](Cc2c[nH]cn2)NC(=O)[C@@H](CCN2CCOCC2)Cc2csc3ccccc23)s1. The minimum absolute atomic E-state index is 0.116. The molecule has 2 amide bonds. The van der Waals surface area contributed by atoms with Crippen molar-refractivity contribution in [2.45, 2.75) is 82.9 Å². The molecule has 1 aliphatic heterocycles. The van der Waals surface area contributed by atoms with Gasteiger partial charge in [-0.15, -0.1) is 22.7 Å². The Labute approximate surface area is 301 Å². The standard InChI is InChI=1S/C37H48N6O5S2/c1-24(44)33-21-39-37(50-33)34(45)30(17-25-7-3-2-4-8-25)41-36(47)31(19-28-20-38-23-40-28)42-35(46)26(11-12-43-13-15-48-16-14-43)18-27-22-49-32-10-6-5-9-29(27)32/h5-6,9-10,20-23,25-26,30-31,34,45H,2-4,7-8,11-19H2,1H3,(H,38,40)(H,41,47)(H,42,46)/t26-,30+,31-,34-/m0/s1. The van der Waals surface area contributed by atoms with Gasteiger partial charge >= 0.3 is 0 Å². The van der Waals surface area contributed by atoms with Gasteiger partial charge in [0.25, 0.3) is 0 Å². The molecule has 0 radical (unpaired) electrons. The fourth-order valence-electron chi connectivity index (χ4n) is 7.15. The number of carbonyl (C=O) groups excluding carboxylic acids is 3. The molecule has 2 aliphatic rings. The summed E-state index contributed by atoms with van der Waals surface area (Å²) >= 11 is 2.83. The van der Waals surface area contributed by atoms with Crippen LogP contribution in [0, 0.1) is 11.8 Å². The van der Waals surface area contributed by atoms with Gasteiger partial charge in [0.05, 0.1) is 36.2 Å². The highest BCUT2D eigenvalue weighted by Crippen LogP contribution is 2.33. The lowest BCUT2D eigenvalue weighted by Gasteiger charge is -2.31. The number of morpholine rings is 1. The highest BCUT2D eigenvalue weighted by molar-refractivity contribution is 7.17. The Kier molecular flexibility index (Phi) is 12.8. The number of thiophene rings is 1. The van der Waals surface area contributed by atoms with E-state index in [4.69, 9.17) is 4.74 Å². The Morgan fingerprint density at radius 1 is 1.06 bits per heavy atom. The first kappa shape index (κ1) is 36.3. The fourth-order valence-corrected chi connectivity index (χ4v) is 8.99. The Morgan fingerprint density at radius 2 is 1.86 bits per heavy atom. The molecular formula is C37H48N6O5S2. The number of H-pyrrole nitrogens is 1. The quantitative estimate of drug-likeness (QED) is 0.117. The summed E-state index contributed by atoms with van der Waals surface area (Å²) in [5.41, 5.74) is 1.78. The highest BCUT2D eigenvalue weighted by atomic mass is 32.1. The Morgan fingerprint density at radius 3 is 2.60 bits per heavy atom. The zero-order chi connectivity index (χ0) is 34.9. The Balaban J connectivity index is 1.22. The van der Waals surface area contributed by atoms with E-state index >= 15 is 0 Å². The third-order valence-electron chi connectivity index (χ3n) is 10.0. The van der Waals surface area contributed by atoms with Crippen LogP contribution in [0.5, 0.6) is 0 Å². The van der Waals surface area contributed by atoms with Crippen LogP contribution in [0.25, 0.3) is 10.1 Å². The summed E-state index contributed by atoms with van der Waals surface area (Å²) in [6.45, 7) is 5.26. The third-order valence-corrected chi connectivity index (χ3v) is 12.2. The summed E-state index contributed by atoms with van der Waals surface area (Å²) in [6.07, 6.45) is 11.2. The van der Waals surface area contributed by atoms with Crippen LogP contribution in [-0.2, 0) is 27.2 Å². The first-order valence-electron chi connectivity index (χ1n) is 17.8. The number of aromatic amines is 1. The van der Waals surface area contributed by atoms with Gasteiger partial charge in [0.15, 0.2) is 5.78 Å². The lowest BCUT2D eigenvalue weighted by atomic mass is 9.83. The summed E-state index contributed by atoms with van der Waals surface area (Å²) < 4.78 is 6.73. The van der Waals surface area contributed by atoms with Crippen LogP contribution in [0.3, 0.4) is 0 Å². The predicted molar refractivity (Wildman–Crippen MR) is 195 cm³/mol. The van der Waals surface area contributed by atoms with Gasteiger partial charge in [-0.05, 0) is 54.1 Å². The lowest BCUT2D eigenvalue weighted by molar-refractivity contribution is -0.132. The number of rotatable bonds is 16. The maximum atomic E-state index is 14.3. The fraction of sp³-hybridized carbons (Fsp3) is 0.541. The number of fused-ring (bicyclic) bond motifs is 1. The van der Waals surface area contributed by atoms with Gasteiger partial charge < -0.3 is 25.5 Å². The number of Topliss-reactive ketones (excluding diaryl/α,β-unsaturated/α-hetero) is 1. The summed E-state index contributed by atoms with van der Waals surface area (Å²) in [5, 5.41) is 21.5. The number of ether oxygens (including phenoxy) is 1. The van der Waals surface area contributed by atoms with E-state index in [9.17, 15) is 19.5 Å². The van der Waals surface area contributed by atoms with E-state index in [1.807, 2.05) is 12.1 Å². The third kappa shape index (κ3) is 9.64. The van der Waals surface area contributed by atoms with Crippen molar-refractivity contribution in [3.8, 4) is 0 Å². The van der Waals surface area contributed by atoms with Crippen LogP contribution in [-0.4, -0.2) is 87.5 Å². The van der Waals surface area contributed by atoms with E-state index in [1.54, 1.807) is 23.9 Å². The number of benzene rings is 1. The molecule has 0 bridgehead atoms. The molecule has 1 saturated heterocycles. The summed E-state index contributed by atoms with van der Waals surface area (Å²) in [4.78, 5) is 55.0. The van der Waals surface area contributed by atoms with Crippen LogP contribution >= 0.6 is 22.7 Å². The molecule has 11 nitrogen and oxygen atoms in total. The summed E-state index contributed by atoms with van der Waals surface area (Å²) in [5.74, 6) is -0.694. The van der Waals surface area contributed by atoms with Gasteiger partial charge in [0, 0.05) is 49.4 Å². The topological polar surface area (TPSA) is 150 Å². The number of amides is 2. The van der Waals surface area contributed by atoms with Gasteiger partial charge in [-0.2, -0.15) is 0 Å². The number of aliphatic hydroxyl groups is 1. The molecule has 4 heterocycles. The van der Waals surface area contributed by atoms with Crippen molar-refractivity contribution in [2.24, 2.45) is 11.8 Å². The molecule has 1 saturated carbocycles. The van der Waals surface area contributed by atoms with Gasteiger partial charge in [0.1, 0.15) is 17.2 Å². The van der Waals surface area contributed by atoms with E-state index in [0.717, 1.165) is 67.6 Å². The number of hydrogen-bond acceptors (Lipinski definition) is 10. The average molecular weight is 721 g/mol. The first-order valence-corrected chi connectivity index (χ1v) is 19.5. The molecule has 4 atom stereocenters. The number of carbonyl (C=O) groups is 3. The van der Waals surface area contributed by atoms with Gasteiger partial charge in [0.2, 0.25) is 11.8 Å². The Hall–Kier alpha value is -3.49. The van der Waals surface area contributed by atoms with Crippen molar-refractivity contribution in [2.75, 3.05) is 32.8 Å². The lowest BCUT2D eigenvalue weighted by Crippen LogP contribution is -2.53. The number of imidazole rings is 1. The highest BCUT2D eigenvalue weighted by Gasteiger charge is 2.33. The predicted octanol–water partition coefficient (Wildman–Crippen LogP) is 5.08. The van der Waals surface area contributed by atoms with Crippen LogP contribution in [0.2, 0.25) is 0 Å². The van der Waals surface area contributed by atoms with Gasteiger partial charge in [-0.25, -0.2) is 9.97 Å². The molecule has 268 valence electrons. The zero-order valence-corrected chi connectivity index (χ0v) is 30.3. The molecule has 4 aromatic rings. The van der Waals surface area contributed by atoms with Crippen molar-refractivity contribution in [3.05, 3.63) is 69.5 Å². The van der Waals surface area contributed by atoms with Gasteiger partial charge in [-0.3, -0.25) is 19.3 Å². The maximum absolute atomic E-state index is 14.3. The molecule has 6 rings (SSSR count). The number of nitrogens with zero attached hydrogens (tertiary/aromatic N) is 3. The van der Waals surface area contributed by atoms with E-state index in [1.165, 1.54) is 24.2 Å². The molecule has 3 aromatic heterocycles. The normalized spacial score (nSPS) is 18.4. The molecular weight excluding hydrogens is 673 g/mol. The second-order valence-corrected chi connectivity index (χ2v) is 15.6. The van der Waals surface area contributed by atoms with E-state index in [-0.39, 0.29) is 29.9 Å². The number of ketones is 1. The number of aliphatic hydroxyl groups excluding tert-OH is 1. The van der Waals surface area contributed by atoms with E-state index < -0.39 is 18.2 Å². The van der Waals surface area contributed by atoms with E-state index in [2.05, 4.69) is 48.0 Å². The van der Waals surface area contributed by atoms with Crippen molar-refractivity contribution in [1.82, 2.24) is 30.5 Å². The maximum Gasteiger partial charge on any atom is 0.243 e. The number of nitrogens with one attached hydrogen (secondary N) is 3. The number of thiazole rings is 1. The van der Waals surface area contributed by atoms with Gasteiger partial charge in [-0.1, -0.05) is 50.3 Å². The Bertz CT molecular complexity index is 1690. The molecule has 0 unspecified atom stereocenters. The largest absolute Gasteiger partial charge is 0.384 e. The molecule has 2 fully saturated rings. The molecule has 1 aliphatic carbocycles. The molecule has 0 spiro atoms. The van der Waals surface area contributed by atoms with Crippen molar-refractivity contribution in [3.63, 3.8) is 0 Å². The van der Waals surface area contributed by atoms with Crippen LogP contribution < -0.4 is 10.6 Å². The summed E-state index contributed by atoms with van der Waals surface area (Å²) in [6, 6.07) is 6.70. The zero-order valence-electron chi connectivity index (χ0n) is 28.6. The van der Waals surface area contributed by atoms with Crippen LogP contribution in [0.4, 0.5) is 0 Å². The first-order chi connectivity index (χ1) is 24.3. The smallest absolute Gasteiger partial charge is 0.243 e. The molecule has 4 N–H and O–H groups in total. The second-order valence-electron chi connectivity index (χ2n) is 13.6. The monoisotopic (exact) mass is 720 g/mol. The minimum Gasteiger partial charge on any atom is -0.384 e. The number of hydrogen-bond donors (Lipinski definition) is 4. The average Bonchev–Trinajstić information content (AvgIpc) is 3.92. The second kappa shape index (κ2) is 17.6. The molecule has 13 heteroatoms.